The minimum atomic E-state index is -4.25. The molecule has 0 saturated carbocycles. The third-order valence-corrected chi connectivity index (χ3v) is 4.68. The molecule has 1 fully saturated rings. The maximum atomic E-state index is 12.6. The van der Waals surface area contributed by atoms with Gasteiger partial charge in [-0.25, -0.2) is 0 Å². The highest BCUT2D eigenvalue weighted by atomic mass is 19.4. The fourth-order valence-corrected chi connectivity index (χ4v) is 3.06. The number of alkyl halides is 3. The summed E-state index contributed by atoms with van der Waals surface area (Å²) in [5.74, 6) is 1.45. The Kier molecular flexibility index (Phi) is 4.74. The topological polar surface area (TPSA) is 12.0 Å². The van der Waals surface area contributed by atoms with Crippen molar-refractivity contribution >= 4 is 0 Å². The van der Waals surface area contributed by atoms with Crippen molar-refractivity contribution in [1.29, 1.82) is 0 Å². The van der Waals surface area contributed by atoms with Crippen molar-refractivity contribution < 1.29 is 13.2 Å². The molecular weight excluding hydrogens is 263 g/mol. The van der Waals surface area contributed by atoms with Gasteiger partial charge in [-0.2, -0.15) is 13.2 Å². The van der Waals surface area contributed by atoms with Crippen LogP contribution in [0.3, 0.4) is 0 Å². The Morgan fingerprint density at radius 2 is 1.60 bits per heavy atom. The van der Waals surface area contributed by atoms with Gasteiger partial charge in [0.05, 0.1) is 5.56 Å². The van der Waals surface area contributed by atoms with E-state index in [2.05, 4.69) is 19.2 Å². The third-order valence-electron chi connectivity index (χ3n) is 4.68. The number of halogens is 3. The Balaban J connectivity index is 2.06. The molecule has 2 unspecified atom stereocenters. The predicted molar refractivity (Wildman–Crippen MR) is 74.6 cm³/mol. The highest BCUT2D eigenvalue weighted by Crippen LogP contribution is 2.35. The zero-order valence-corrected chi connectivity index (χ0v) is 12.0. The Hall–Kier alpha value is -1.03. The molecule has 0 radical (unpaired) electrons. The molecule has 1 N–H and O–H groups in total. The second-order valence-electron chi connectivity index (χ2n) is 5.85. The van der Waals surface area contributed by atoms with Gasteiger partial charge in [-0.1, -0.05) is 26.0 Å². The highest BCUT2D eigenvalue weighted by molar-refractivity contribution is 5.27. The molecule has 2 rings (SSSR count). The Morgan fingerprint density at radius 1 is 1.05 bits per heavy atom. The average molecular weight is 285 g/mol. The van der Waals surface area contributed by atoms with Gasteiger partial charge in [0.25, 0.3) is 0 Å². The van der Waals surface area contributed by atoms with E-state index in [0.29, 0.717) is 17.8 Å². The van der Waals surface area contributed by atoms with Crippen LogP contribution >= 0.6 is 0 Å². The van der Waals surface area contributed by atoms with Crippen LogP contribution in [0.25, 0.3) is 0 Å². The number of benzene rings is 1. The van der Waals surface area contributed by atoms with Crippen molar-refractivity contribution in [2.24, 2.45) is 11.8 Å². The van der Waals surface area contributed by atoms with Crippen molar-refractivity contribution in [3.8, 4) is 0 Å². The van der Waals surface area contributed by atoms with E-state index in [9.17, 15) is 13.2 Å². The summed E-state index contributed by atoms with van der Waals surface area (Å²) in [6.45, 7) is 6.44. The zero-order valence-electron chi connectivity index (χ0n) is 12.0. The fourth-order valence-electron chi connectivity index (χ4n) is 3.06. The predicted octanol–water partition coefficient (Wildman–Crippen LogP) is 4.44. The molecular formula is C16H22F3N. The first kappa shape index (κ1) is 15.4. The van der Waals surface area contributed by atoms with Gasteiger partial charge >= 0.3 is 6.18 Å². The van der Waals surface area contributed by atoms with Gasteiger partial charge in [-0.05, 0) is 61.4 Å². The molecule has 1 aliphatic heterocycles. The maximum absolute atomic E-state index is 12.6. The minimum absolute atomic E-state index is 0.292. The molecule has 1 heterocycles. The molecule has 4 heteroatoms. The molecule has 0 amide bonds. The van der Waals surface area contributed by atoms with Crippen LogP contribution in [0, 0.1) is 11.8 Å². The van der Waals surface area contributed by atoms with Crippen LogP contribution in [0.1, 0.15) is 43.7 Å². The van der Waals surface area contributed by atoms with Crippen LogP contribution in [0.2, 0.25) is 0 Å². The second-order valence-corrected chi connectivity index (χ2v) is 5.85. The SMILES string of the molecule is CC(c1ccc(C(F)(F)F)cc1)C(C)C1CCNCC1. The first-order valence-electron chi connectivity index (χ1n) is 7.27. The summed E-state index contributed by atoms with van der Waals surface area (Å²) in [5, 5.41) is 3.35. The number of hydrogen-bond acceptors (Lipinski definition) is 1. The quantitative estimate of drug-likeness (QED) is 0.865. The first-order valence-corrected chi connectivity index (χ1v) is 7.27. The molecule has 0 aromatic heterocycles. The molecule has 112 valence electrons. The van der Waals surface area contributed by atoms with Gasteiger partial charge < -0.3 is 5.32 Å². The number of hydrogen-bond donors (Lipinski definition) is 1. The lowest BCUT2D eigenvalue weighted by Crippen LogP contribution is -2.32. The molecule has 1 aliphatic rings. The minimum Gasteiger partial charge on any atom is -0.317 e. The normalized spacial score (nSPS) is 20.6. The van der Waals surface area contributed by atoms with E-state index in [0.717, 1.165) is 31.5 Å². The molecule has 1 saturated heterocycles. The molecule has 0 spiro atoms. The molecule has 20 heavy (non-hydrogen) atoms. The van der Waals surface area contributed by atoms with Gasteiger partial charge in [-0.3, -0.25) is 0 Å². The van der Waals surface area contributed by atoms with Gasteiger partial charge in [0.2, 0.25) is 0 Å². The average Bonchev–Trinajstić information content (AvgIpc) is 2.46. The van der Waals surface area contributed by atoms with Crippen LogP contribution < -0.4 is 5.32 Å². The standard InChI is InChI=1S/C16H22F3N/c1-11(12(2)14-7-9-20-10-8-14)13-3-5-15(6-4-13)16(17,18)19/h3-6,11-12,14,20H,7-10H2,1-2H3. The van der Waals surface area contributed by atoms with E-state index in [4.69, 9.17) is 0 Å². The Morgan fingerprint density at radius 3 is 2.10 bits per heavy atom. The number of rotatable bonds is 3. The van der Waals surface area contributed by atoms with E-state index >= 15 is 0 Å². The summed E-state index contributed by atoms with van der Waals surface area (Å²) in [5.41, 5.74) is 0.437. The van der Waals surface area contributed by atoms with Crippen molar-refractivity contribution in [2.75, 3.05) is 13.1 Å². The summed E-state index contributed by atoms with van der Waals surface area (Å²) in [6.07, 6.45) is -1.93. The van der Waals surface area contributed by atoms with Crippen LogP contribution in [0.5, 0.6) is 0 Å². The van der Waals surface area contributed by atoms with Crippen LogP contribution in [-0.2, 0) is 6.18 Å². The number of nitrogens with one attached hydrogen (secondary N) is 1. The lowest BCUT2D eigenvalue weighted by atomic mass is 9.76. The zero-order chi connectivity index (χ0) is 14.8. The summed E-state index contributed by atoms with van der Waals surface area (Å²) in [7, 11) is 0. The van der Waals surface area contributed by atoms with Gasteiger partial charge in [-0.15, -0.1) is 0 Å². The molecule has 0 bridgehead atoms. The highest BCUT2D eigenvalue weighted by Gasteiger charge is 2.31. The van der Waals surface area contributed by atoms with Crippen molar-refractivity contribution in [1.82, 2.24) is 5.32 Å². The third kappa shape index (κ3) is 3.54. The van der Waals surface area contributed by atoms with Crippen LogP contribution in [0.4, 0.5) is 13.2 Å². The second kappa shape index (κ2) is 6.17. The van der Waals surface area contributed by atoms with Gasteiger partial charge in [0.15, 0.2) is 0 Å². The van der Waals surface area contributed by atoms with Crippen molar-refractivity contribution in [3.63, 3.8) is 0 Å². The summed E-state index contributed by atoms with van der Waals surface area (Å²) in [4.78, 5) is 0. The monoisotopic (exact) mass is 285 g/mol. The fraction of sp³-hybridized carbons (Fsp3) is 0.625. The molecule has 2 atom stereocenters. The van der Waals surface area contributed by atoms with E-state index in [-0.39, 0.29) is 0 Å². The summed E-state index contributed by atoms with van der Waals surface area (Å²) >= 11 is 0. The Bertz CT molecular complexity index is 418. The lowest BCUT2D eigenvalue weighted by Gasteiger charge is -2.32. The molecule has 1 aromatic carbocycles. The van der Waals surface area contributed by atoms with E-state index < -0.39 is 11.7 Å². The van der Waals surface area contributed by atoms with Crippen molar-refractivity contribution in [3.05, 3.63) is 35.4 Å². The first-order chi connectivity index (χ1) is 9.39. The van der Waals surface area contributed by atoms with Crippen LogP contribution in [0.15, 0.2) is 24.3 Å². The van der Waals surface area contributed by atoms with Crippen molar-refractivity contribution in [2.45, 2.75) is 38.8 Å². The molecule has 1 aromatic rings. The van der Waals surface area contributed by atoms with Crippen LogP contribution in [-0.4, -0.2) is 13.1 Å². The number of piperidine rings is 1. The summed E-state index contributed by atoms with van der Waals surface area (Å²) < 4.78 is 37.7. The maximum Gasteiger partial charge on any atom is 0.416 e. The van der Waals surface area contributed by atoms with Gasteiger partial charge in [0.1, 0.15) is 0 Å². The van der Waals surface area contributed by atoms with E-state index in [1.807, 2.05) is 0 Å². The van der Waals surface area contributed by atoms with E-state index in [1.54, 1.807) is 12.1 Å². The molecule has 0 aliphatic carbocycles. The van der Waals surface area contributed by atoms with Gasteiger partial charge in [0, 0.05) is 0 Å². The smallest absolute Gasteiger partial charge is 0.317 e. The molecule has 1 nitrogen and oxygen atoms in total. The summed E-state index contributed by atoms with van der Waals surface area (Å²) in [6, 6.07) is 5.65. The lowest BCUT2D eigenvalue weighted by molar-refractivity contribution is -0.137. The Labute approximate surface area is 118 Å². The van der Waals surface area contributed by atoms with E-state index in [1.165, 1.54) is 12.1 Å². The largest absolute Gasteiger partial charge is 0.416 e.